The van der Waals surface area contributed by atoms with Crippen LogP contribution in [0, 0.1) is 0 Å². The number of rotatable bonds is 1. The van der Waals surface area contributed by atoms with Crippen LogP contribution in [0.3, 0.4) is 0 Å². The molecule has 0 radical (unpaired) electrons. The number of hydrogen-bond acceptors (Lipinski definition) is 1. The number of benzene rings is 3. The van der Waals surface area contributed by atoms with E-state index in [1.54, 1.807) is 0 Å². The number of hydrogen-bond donors (Lipinski definition) is 1. The molecule has 132 valence electrons. The molecule has 0 aliphatic heterocycles. The Morgan fingerprint density at radius 1 is 0.778 bits per heavy atom. The van der Waals surface area contributed by atoms with Crippen molar-refractivity contribution >= 4 is 32.8 Å². The van der Waals surface area contributed by atoms with E-state index in [-0.39, 0.29) is 5.41 Å². The summed E-state index contributed by atoms with van der Waals surface area (Å²) in [6.45, 7) is 6.77. The van der Waals surface area contributed by atoms with E-state index in [1.807, 2.05) is 0 Å². The minimum atomic E-state index is 0.0946. The summed E-state index contributed by atoms with van der Waals surface area (Å²) in [6, 6.07) is 25.8. The molecule has 0 bridgehead atoms. The van der Waals surface area contributed by atoms with Crippen LogP contribution in [0.2, 0.25) is 0 Å². The maximum atomic E-state index is 4.97. The Labute approximate surface area is 158 Å². The highest BCUT2D eigenvalue weighted by molar-refractivity contribution is 6.19. The molecule has 0 spiro atoms. The zero-order valence-corrected chi connectivity index (χ0v) is 15.9. The van der Waals surface area contributed by atoms with Crippen molar-refractivity contribution < 1.29 is 0 Å². The number of aromatic amines is 1. The van der Waals surface area contributed by atoms with Crippen molar-refractivity contribution in [2.75, 3.05) is 0 Å². The van der Waals surface area contributed by atoms with Gasteiger partial charge in [0.1, 0.15) is 5.65 Å². The Morgan fingerprint density at radius 3 is 2.30 bits per heavy atom. The smallest absolute Gasteiger partial charge is 0.139 e. The Bertz CT molecular complexity index is 1290. The van der Waals surface area contributed by atoms with Gasteiger partial charge in [-0.25, -0.2) is 4.98 Å². The molecule has 5 rings (SSSR count). The first-order valence-corrected chi connectivity index (χ1v) is 9.42. The molecular weight excluding hydrogens is 328 g/mol. The predicted octanol–water partition coefficient (Wildman–Crippen LogP) is 6.83. The second-order valence-electron chi connectivity index (χ2n) is 8.23. The van der Waals surface area contributed by atoms with Gasteiger partial charge in [-0.2, -0.15) is 0 Å². The quantitative estimate of drug-likeness (QED) is 0.352. The molecule has 5 aromatic rings. The molecule has 2 heteroatoms. The van der Waals surface area contributed by atoms with Crippen LogP contribution in [-0.2, 0) is 5.41 Å². The average molecular weight is 350 g/mol. The van der Waals surface area contributed by atoms with E-state index in [0.717, 1.165) is 16.7 Å². The normalized spacial score (nSPS) is 12.3. The Kier molecular flexibility index (Phi) is 3.38. The standard InChI is InChI=1S/C25H22N2/c1-25(2,3)17-13-14-21-19(15-17)22(16-9-5-4-6-10-16)23-18-11-7-8-12-20(18)26-24(23)27-21/h4-15H,1-3H3,(H,26,27). The van der Waals surface area contributed by atoms with Crippen LogP contribution in [-0.4, -0.2) is 9.97 Å². The van der Waals surface area contributed by atoms with Gasteiger partial charge in [-0.3, -0.25) is 0 Å². The van der Waals surface area contributed by atoms with Crippen LogP contribution in [0.4, 0.5) is 0 Å². The molecule has 3 aromatic carbocycles. The average Bonchev–Trinajstić information content (AvgIpc) is 3.03. The molecule has 0 saturated carbocycles. The van der Waals surface area contributed by atoms with Crippen LogP contribution in [0.25, 0.3) is 44.0 Å². The third-order valence-corrected chi connectivity index (χ3v) is 5.36. The van der Waals surface area contributed by atoms with E-state index in [2.05, 4.69) is 98.6 Å². The molecule has 2 heterocycles. The molecule has 0 unspecified atom stereocenters. The summed E-state index contributed by atoms with van der Waals surface area (Å²) in [6.07, 6.45) is 0. The van der Waals surface area contributed by atoms with Crippen LogP contribution >= 0.6 is 0 Å². The van der Waals surface area contributed by atoms with Crippen LogP contribution in [0.5, 0.6) is 0 Å². The third kappa shape index (κ3) is 2.52. The lowest BCUT2D eigenvalue weighted by molar-refractivity contribution is 0.591. The van der Waals surface area contributed by atoms with Crippen molar-refractivity contribution in [3.63, 3.8) is 0 Å². The van der Waals surface area contributed by atoms with Crippen molar-refractivity contribution in [3.05, 3.63) is 78.4 Å². The molecule has 0 saturated heterocycles. The third-order valence-electron chi connectivity index (χ3n) is 5.36. The molecule has 0 atom stereocenters. The van der Waals surface area contributed by atoms with Crippen LogP contribution in [0.1, 0.15) is 26.3 Å². The van der Waals surface area contributed by atoms with Gasteiger partial charge in [0.15, 0.2) is 0 Å². The molecule has 1 N–H and O–H groups in total. The van der Waals surface area contributed by atoms with Crippen molar-refractivity contribution in [1.29, 1.82) is 0 Å². The largest absolute Gasteiger partial charge is 0.339 e. The number of para-hydroxylation sites is 1. The first-order chi connectivity index (χ1) is 13.0. The fraction of sp³-hybridized carbons (Fsp3) is 0.160. The van der Waals surface area contributed by atoms with E-state index in [9.17, 15) is 0 Å². The number of nitrogens with zero attached hydrogens (tertiary/aromatic N) is 1. The summed E-state index contributed by atoms with van der Waals surface area (Å²) in [7, 11) is 0. The maximum Gasteiger partial charge on any atom is 0.139 e. The topological polar surface area (TPSA) is 28.7 Å². The lowest BCUT2D eigenvalue weighted by atomic mass is 9.85. The second kappa shape index (κ2) is 5.68. The molecule has 0 fully saturated rings. The van der Waals surface area contributed by atoms with Gasteiger partial charge in [0, 0.05) is 27.2 Å². The first kappa shape index (κ1) is 16.1. The van der Waals surface area contributed by atoms with Gasteiger partial charge in [0.2, 0.25) is 0 Å². The fourth-order valence-electron chi connectivity index (χ4n) is 3.92. The molecule has 0 amide bonds. The van der Waals surface area contributed by atoms with Crippen molar-refractivity contribution in [1.82, 2.24) is 9.97 Å². The van der Waals surface area contributed by atoms with E-state index < -0.39 is 0 Å². The Balaban J connectivity index is 2.01. The van der Waals surface area contributed by atoms with Gasteiger partial charge in [0.05, 0.1) is 5.52 Å². The summed E-state index contributed by atoms with van der Waals surface area (Å²) >= 11 is 0. The highest BCUT2D eigenvalue weighted by atomic mass is 14.9. The Morgan fingerprint density at radius 2 is 1.52 bits per heavy atom. The molecule has 2 nitrogen and oxygen atoms in total. The summed E-state index contributed by atoms with van der Waals surface area (Å²) in [5, 5.41) is 3.64. The molecule has 2 aromatic heterocycles. The van der Waals surface area contributed by atoms with Gasteiger partial charge < -0.3 is 4.98 Å². The van der Waals surface area contributed by atoms with E-state index in [1.165, 1.54) is 32.8 Å². The monoisotopic (exact) mass is 350 g/mol. The van der Waals surface area contributed by atoms with E-state index in [0.29, 0.717) is 0 Å². The minimum Gasteiger partial charge on any atom is -0.339 e. The van der Waals surface area contributed by atoms with Crippen molar-refractivity contribution in [2.45, 2.75) is 26.2 Å². The lowest BCUT2D eigenvalue weighted by Crippen LogP contribution is -2.10. The number of pyridine rings is 1. The van der Waals surface area contributed by atoms with Crippen LogP contribution in [0.15, 0.2) is 72.8 Å². The van der Waals surface area contributed by atoms with Gasteiger partial charge in [-0.15, -0.1) is 0 Å². The van der Waals surface area contributed by atoms with Crippen molar-refractivity contribution in [3.8, 4) is 11.1 Å². The molecule has 27 heavy (non-hydrogen) atoms. The van der Waals surface area contributed by atoms with Gasteiger partial charge in [0.25, 0.3) is 0 Å². The summed E-state index contributed by atoms with van der Waals surface area (Å²) in [4.78, 5) is 8.48. The van der Waals surface area contributed by atoms with E-state index in [4.69, 9.17) is 4.98 Å². The van der Waals surface area contributed by atoms with E-state index >= 15 is 0 Å². The zero-order chi connectivity index (χ0) is 18.6. The summed E-state index contributed by atoms with van der Waals surface area (Å²) in [5.41, 5.74) is 7.02. The summed E-state index contributed by atoms with van der Waals surface area (Å²) in [5.74, 6) is 0. The van der Waals surface area contributed by atoms with Gasteiger partial charge in [-0.1, -0.05) is 75.4 Å². The number of H-pyrrole nitrogens is 1. The summed E-state index contributed by atoms with van der Waals surface area (Å²) < 4.78 is 0. The van der Waals surface area contributed by atoms with Gasteiger partial charge in [-0.05, 0) is 34.7 Å². The Hall–Kier alpha value is -3.13. The highest BCUT2D eigenvalue weighted by Gasteiger charge is 2.19. The number of aromatic nitrogens is 2. The fourth-order valence-corrected chi connectivity index (χ4v) is 3.92. The minimum absolute atomic E-state index is 0.0946. The number of nitrogens with one attached hydrogen (secondary N) is 1. The van der Waals surface area contributed by atoms with Gasteiger partial charge >= 0.3 is 0 Å². The second-order valence-corrected chi connectivity index (χ2v) is 8.23. The highest BCUT2D eigenvalue weighted by Crippen LogP contribution is 2.40. The molecule has 0 aliphatic carbocycles. The first-order valence-electron chi connectivity index (χ1n) is 9.42. The predicted molar refractivity (Wildman–Crippen MR) is 115 cm³/mol. The maximum absolute atomic E-state index is 4.97. The molecular formula is C25H22N2. The SMILES string of the molecule is CC(C)(C)c1ccc2nc3[nH]c4ccccc4c3c(-c3ccccc3)c2c1. The lowest BCUT2D eigenvalue weighted by Gasteiger charge is -2.20. The van der Waals surface area contributed by atoms with Crippen LogP contribution < -0.4 is 0 Å². The molecule has 0 aliphatic rings. The van der Waals surface area contributed by atoms with Crippen molar-refractivity contribution in [2.24, 2.45) is 0 Å². The number of fused-ring (bicyclic) bond motifs is 4. The zero-order valence-electron chi connectivity index (χ0n) is 15.9.